The van der Waals surface area contributed by atoms with Crippen LogP contribution in [0, 0.1) is 5.92 Å². The zero-order valence-corrected chi connectivity index (χ0v) is 10.00. The maximum Gasteiger partial charge on any atom is 0.243 e. The van der Waals surface area contributed by atoms with E-state index in [1.807, 2.05) is 26.0 Å². The average molecular weight is 232 g/mol. The molecule has 0 amide bonds. The minimum atomic E-state index is -0.200. The molecule has 2 rings (SSSR count). The minimum absolute atomic E-state index is 0.200. The van der Waals surface area contributed by atoms with Gasteiger partial charge >= 0.3 is 0 Å². The first-order chi connectivity index (χ1) is 8.16. The molecule has 0 aliphatic carbocycles. The first kappa shape index (κ1) is 11.7. The monoisotopic (exact) mass is 232 g/mol. The number of rotatable bonds is 4. The van der Waals surface area contributed by atoms with Gasteiger partial charge in [0.25, 0.3) is 0 Å². The Labute approximate surface area is 100 Å². The predicted molar refractivity (Wildman–Crippen MR) is 63.1 cm³/mol. The van der Waals surface area contributed by atoms with Crippen LogP contribution in [0.3, 0.4) is 0 Å². The topological polar surface area (TPSA) is 77.8 Å². The van der Waals surface area contributed by atoms with E-state index in [-0.39, 0.29) is 12.0 Å². The molecular formula is C12H16N4O. The molecule has 1 atom stereocenters. The third-order valence-corrected chi connectivity index (χ3v) is 2.60. The molecule has 0 aliphatic rings. The second kappa shape index (κ2) is 5.05. The Kier molecular flexibility index (Phi) is 3.49. The Hall–Kier alpha value is -1.75. The summed E-state index contributed by atoms with van der Waals surface area (Å²) < 4.78 is 5.16. The van der Waals surface area contributed by atoms with Crippen LogP contribution in [0.25, 0.3) is 0 Å². The smallest absolute Gasteiger partial charge is 0.243 e. The van der Waals surface area contributed by atoms with Crippen LogP contribution in [0.1, 0.15) is 37.2 Å². The van der Waals surface area contributed by atoms with Crippen molar-refractivity contribution in [2.45, 2.75) is 26.3 Å². The second-order valence-corrected chi connectivity index (χ2v) is 4.35. The van der Waals surface area contributed by atoms with E-state index in [4.69, 9.17) is 10.3 Å². The summed E-state index contributed by atoms with van der Waals surface area (Å²) in [5.74, 6) is 1.44. The largest absolute Gasteiger partial charge is 0.338 e. The van der Waals surface area contributed by atoms with Gasteiger partial charge in [-0.25, -0.2) is 0 Å². The van der Waals surface area contributed by atoms with E-state index in [9.17, 15) is 0 Å². The van der Waals surface area contributed by atoms with Crippen LogP contribution in [-0.2, 0) is 6.42 Å². The average Bonchev–Trinajstić information content (AvgIpc) is 2.77. The lowest BCUT2D eigenvalue weighted by molar-refractivity contribution is 0.322. The first-order valence-electron chi connectivity index (χ1n) is 5.64. The molecule has 0 fully saturated rings. The molecule has 0 spiro atoms. The molecule has 5 heteroatoms. The summed E-state index contributed by atoms with van der Waals surface area (Å²) in [6, 6.07) is 3.66. The molecule has 2 aromatic rings. The third-order valence-electron chi connectivity index (χ3n) is 2.60. The Morgan fingerprint density at radius 2 is 2.00 bits per heavy atom. The fraction of sp³-hybridized carbons (Fsp3) is 0.417. The zero-order valence-electron chi connectivity index (χ0n) is 10.00. The molecule has 5 nitrogen and oxygen atoms in total. The van der Waals surface area contributed by atoms with E-state index in [0.29, 0.717) is 18.1 Å². The van der Waals surface area contributed by atoms with Gasteiger partial charge in [-0.05, 0) is 23.6 Å². The zero-order chi connectivity index (χ0) is 12.3. The fourth-order valence-corrected chi connectivity index (χ4v) is 1.44. The molecule has 0 unspecified atom stereocenters. The summed E-state index contributed by atoms with van der Waals surface area (Å²) in [4.78, 5) is 8.26. The predicted octanol–water partition coefficient (Wildman–Crippen LogP) is 1.71. The van der Waals surface area contributed by atoms with Crippen molar-refractivity contribution in [2.75, 3.05) is 0 Å². The SMILES string of the molecule is CC(C)[C@@H](N)c1nc(Cc2ccncc2)no1. The van der Waals surface area contributed by atoms with Crippen LogP contribution in [0.4, 0.5) is 0 Å². The van der Waals surface area contributed by atoms with Crippen molar-refractivity contribution in [2.24, 2.45) is 11.7 Å². The van der Waals surface area contributed by atoms with Crippen LogP contribution in [0.2, 0.25) is 0 Å². The van der Waals surface area contributed by atoms with Gasteiger partial charge in [0.05, 0.1) is 6.04 Å². The van der Waals surface area contributed by atoms with Gasteiger partial charge in [-0.1, -0.05) is 19.0 Å². The van der Waals surface area contributed by atoms with Crippen molar-refractivity contribution in [3.8, 4) is 0 Å². The van der Waals surface area contributed by atoms with Crippen molar-refractivity contribution in [1.82, 2.24) is 15.1 Å². The van der Waals surface area contributed by atoms with E-state index in [1.165, 1.54) is 0 Å². The number of aromatic nitrogens is 3. The Morgan fingerprint density at radius 1 is 1.29 bits per heavy atom. The van der Waals surface area contributed by atoms with Crippen molar-refractivity contribution >= 4 is 0 Å². The summed E-state index contributed by atoms with van der Waals surface area (Å²) in [7, 11) is 0. The standard InChI is InChI=1S/C12H16N4O/c1-8(2)11(13)12-15-10(16-17-12)7-9-3-5-14-6-4-9/h3-6,8,11H,7,13H2,1-2H3/t11-/m1/s1. The highest BCUT2D eigenvalue weighted by Crippen LogP contribution is 2.17. The quantitative estimate of drug-likeness (QED) is 0.868. The van der Waals surface area contributed by atoms with E-state index >= 15 is 0 Å². The molecule has 2 heterocycles. The van der Waals surface area contributed by atoms with Crippen LogP contribution in [0.15, 0.2) is 29.0 Å². The third kappa shape index (κ3) is 2.88. The van der Waals surface area contributed by atoms with Crippen LogP contribution in [0.5, 0.6) is 0 Å². The molecule has 0 aromatic carbocycles. The Morgan fingerprint density at radius 3 is 2.65 bits per heavy atom. The second-order valence-electron chi connectivity index (χ2n) is 4.35. The van der Waals surface area contributed by atoms with E-state index < -0.39 is 0 Å². The van der Waals surface area contributed by atoms with Gasteiger partial charge in [-0.3, -0.25) is 4.98 Å². The number of pyridine rings is 1. The van der Waals surface area contributed by atoms with E-state index in [0.717, 1.165) is 5.56 Å². The molecule has 2 aromatic heterocycles. The minimum Gasteiger partial charge on any atom is -0.338 e. The van der Waals surface area contributed by atoms with Crippen molar-refractivity contribution < 1.29 is 4.52 Å². The van der Waals surface area contributed by atoms with Crippen LogP contribution < -0.4 is 5.73 Å². The summed E-state index contributed by atoms with van der Waals surface area (Å²) in [6.07, 6.45) is 4.13. The number of hydrogen-bond acceptors (Lipinski definition) is 5. The van der Waals surface area contributed by atoms with E-state index in [2.05, 4.69) is 15.1 Å². The highest BCUT2D eigenvalue weighted by Gasteiger charge is 2.17. The summed E-state index contributed by atoms with van der Waals surface area (Å²) in [6.45, 7) is 4.05. The highest BCUT2D eigenvalue weighted by atomic mass is 16.5. The Bertz CT molecular complexity index is 466. The summed E-state index contributed by atoms with van der Waals surface area (Å²) in [5.41, 5.74) is 7.04. The molecule has 0 saturated carbocycles. The first-order valence-corrected chi connectivity index (χ1v) is 5.64. The summed E-state index contributed by atoms with van der Waals surface area (Å²) >= 11 is 0. The van der Waals surface area contributed by atoms with Gasteiger partial charge < -0.3 is 10.3 Å². The maximum atomic E-state index is 5.94. The molecule has 0 radical (unpaired) electrons. The molecule has 0 aliphatic heterocycles. The van der Waals surface area contributed by atoms with Gasteiger partial charge in [0.2, 0.25) is 5.89 Å². The maximum absolute atomic E-state index is 5.94. The lowest BCUT2D eigenvalue weighted by Gasteiger charge is -2.09. The van der Waals surface area contributed by atoms with Gasteiger partial charge in [-0.2, -0.15) is 4.98 Å². The van der Waals surface area contributed by atoms with Gasteiger partial charge in [0.15, 0.2) is 5.82 Å². The molecular weight excluding hydrogens is 216 g/mol. The molecule has 17 heavy (non-hydrogen) atoms. The summed E-state index contributed by atoms with van der Waals surface area (Å²) in [5, 5.41) is 3.93. The fourth-order valence-electron chi connectivity index (χ4n) is 1.44. The van der Waals surface area contributed by atoms with Crippen molar-refractivity contribution in [3.63, 3.8) is 0 Å². The van der Waals surface area contributed by atoms with Crippen molar-refractivity contribution in [1.29, 1.82) is 0 Å². The molecule has 90 valence electrons. The van der Waals surface area contributed by atoms with Gasteiger partial charge in [0, 0.05) is 18.8 Å². The van der Waals surface area contributed by atoms with Gasteiger partial charge in [0.1, 0.15) is 0 Å². The van der Waals surface area contributed by atoms with Crippen LogP contribution >= 0.6 is 0 Å². The lowest BCUT2D eigenvalue weighted by atomic mass is 10.1. The van der Waals surface area contributed by atoms with Crippen molar-refractivity contribution in [3.05, 3.63) is 41.8 Å². The highest BCUT2D eigenvalue weighted by molar-refractivity contribution is 5.14. The Balaban J connectivity index is 2.09. The number of nitrogens with two attached hydrogens (primary N) is 1. The molecule has 0 saturated heterocycles. The number of nitrogens with zero attached hydrogens (tertiary/aromatic N) is 3. The number of hydrogen-bond donors (Lipinski definition) is 1. The van der Waals surface area contributed by atoms with Crippen LogP contribution in [-0.4, -0.2) is 15.1 Å². The lowest BCUT2D eigenvalue weighted by Crippen LogP contribution is -2.17. The molecule has 0 bridgehead atoms. The van der Waals surface area contributed by atoms with Gasteiger partial charge in [-0.15, -0.1) is 0 Å². The normalized spacial score (nSPS) is 12.9. The van der Waals surface area contributed by atoms with E-state index in [1.54, 1.807) is 12.4 Å². The molecule has 2 N–H and O–H groups in total.